The summed E-state index contributed by atoms with van der Waals surface area (Å²) in [4.78, 5) is 28.1. The molecule has 0 aromatic heterocycles. The van der Waals surface area contributed by atoms with E-state index in [9.17, 15) is 9.59 Å². The fraction of sp³-hybridized carbons (Fsp3) is 0.609. The predicted molar refractivity (Wildman–Crippen MR) is 116 cm³/mol. The Balaban J connectivity index is 1.37. The highest BCUT2D eigenvalue weighted by Crippen LogP contribution is 2.37. The molecule has 30 heavy (non-hydrogen) atoms. The number of nitrogens with zero attached hydrogens (tertiary/aromatic N) is 1. The van der Waals surface area contributed by atoms with E-state index in [0.717, 1.165) is 31.4 Å². The molecule has 0 radical (unpaired) electrons. The van der Waals surface area contributed by atoms with E-state index in [1.165, 1.54) is 25.7 Å². The Morgan fingerprint density at radius 2 is 1.87 bits per heavy atom. The zero-order valence-electron chi connectivity index (χ0n) is 17.5. The quantitative estimate of drug-likeness (QED) is 0.437. The van der Waals surface area contributed by atoms with Gasteiger partial charge in [-0.25, -0.2) is 0 Å². The van der Waals surface area contributed by atoms with E-state index >= 15 is 0 Å². The predicted octanol–water partition coefficient (Wildman–Crippen LogP) is 1.75. The summed E-state index contributed by atoms with van der Waals surface area (Å²) in [6.45, 7) is 1.97. The van der Waals surface area contributed by atoms with Gasteiger partial charge in [-0.2, -0.15) is 0 Å². The third-order valence-corrected chi connectivity index (χ3v) is 7.11. The van der Waals surface area contributed by atoms with Crippen LogP contribution >= 0.6 is 0 Å². The first-order chi connectivity index (χ1) is 14.5. The summed E-state index contributed by atoms with van der Waals surface area (Å²) in [6.07, 6.45) is 7.61. The number of nitrogens with one attached hydrogen (secondary N) is 3. The fourth-order valence-electron chi connectivity index (χ4n) is 5.47. The van der Waals surface area contributed by atoms with Gasteiger partial charge in [-0.05, 0) is 49.6 Å². The van der Waals surface area contributed by atoms with Crippen molar-refractivity contribution in [2.45, 2.75) is 63.6 Å². The van der Waals surface area contributed by atoms with Crippen molar-refractivity contribution in [2.75, 3.05) is 13.1 Å². The molecule has 0 unspecified atom stereocenters. The largest absolute Gasteiger partial charge is 0.384 e. The number of hydrogen-bond donors (Lipinski definition) is 4. The second-order valence-electron chi connectivity index (χ2n) is 8.95. The Hall–Kier alpha value is -2.41. The average molecular weight is 412 g/mol. The number of hydrogen-bond acceptors (Lipinski definition) is 4. The highest BCUT2D eigenvalue weighted by atomic mass is 16.2. The fourth-order valence-corrected chi connectivity index (χ4v) is 5.47. The number of carbonyl (C=O) groups is 2. The second-order valence-corrected chi connectivity index (χ2v) is 8.95. The average Bonchev–Trinajstić information content (AvgIpc) is 3.27. The smallest absolute Gasteiger partial charge is 0.243 e. The maximum atomic E-state index is 13.4. The second kappa shape index (κ2) is 9.16. The maximum Gasteiger partial charge on any atom is 0.243 e. The van der Waals surface area contributed by atoms with Gasteiger partial charge < -0.3 is 21.3 Å². The number of nitrogens with two attached hydrogens (primary N) is 1. The molecule has 4 atom stereocenters. The third-order valence-electron chi connectivity index (χ3n) is 7.11. The molecule has 0 bridgehead atoms. The van der Waals surface area contributed by atoms with Crippen LogP contribution in [-0.4, -0.2) is 47.7 Å². The minimum absolute atomic E-state index is 0.0298. The molecule has 3 aliphatic rings. The molecule has 2 aliphatic heterocycles. The SMILES string of the molecule is N=C(N)c1ccc(CNC(=O)[C@@H]2CCCN2C(=O)[C@@H]2NCC[C@@H]3CCCC[C@@H]32)cc1. The van der Waals surface area contributed by atoms with Crippen molar-refractivity contribution in [1.82, 2.24) is 15.5 Å². The molecular formula is C23H33N5O2. The summed E-state index contributed by atoms with van der Waals surface area (Å²) in [5.74, 6) is 1.15. The first-order valence-electron chi connectivity index (χ1n) is 11.3. The van der Waals surface area contributed by atoms with Gasteiger partial charge in [-0.3, -0.25) is 15.0 Å². The van der Waals surface area contributed by atoms with Gasteiger partial charge in [0, 0.05) is 18.7 Å². The van der Waals surface area contributed by atoms with E-state index in [4.69, 9.17) is 11.1 Å². The minimum Gasteiger partial charge on any atom is -0.384 e. The highest BCUT2D eigenvalue weighted by molar-refractivity contribution is 5.95. The lowest BCUT2D eigenvalue weighted by Gasteiger charge is -2.43. The van der Waals surface area contributed by atoms with Crippen molar-refractivity contribution in [2.24, 2.45) is 17.6 Å². The van der Waals surface area contributed by atoms with Crippen LogP contribution in [-0.2, 0) is 16.1 Å². The van der Waals surface area contributed by atoms with E-state index in [1.807, 2.05) is 17.0 Å². The lowest BCUT2D eigenvalue weighted by Crippen LogP contribution is -2.58. The number of benzene rings is 1. The van der Waals surface area contributed by atoms with Crippen LogP contribution in [0.4, 0.5) is 0 Å². The molecule has 3 fully saturated rings. The number of carbonyl (C=O) groups excluding carboxylic acids is 2. The van der Waals surface area contributed by atoms with E-state index in [2.05, 4.69) is 10.6 Å². The van der Waals surface area contributed by atoms with Gasteiger partial charge in [0.2, 0.25) is 11.8 Å². The van der Waals surface area contributed by atoms with Crippen molar-refractivity contribution < 1.29 is 9.59 Å². The molecule has 2 amide bonds. The van der Waals surface area contributed by atoms with E-state index in [-0.39, 0.29) is 29.7 Å². The van der Waals surface area contributed by atoms with Crippen molar-refractivity contribution in [3.05, 3.63) is 35.4 Å². The van der Waals surface area contributed by atoms with Crippen LogP contribution in [0.25, 0.3) is 0 Å². The van der Waals surface area contributed by atoms with Crippen molar-refractivity contribution in [1.29, 1.82) is 5.41 Å². The van der Waals surface area contributed by atoms with Gasteiger partial charge in [0.15, 0.2) is 0 Å². The topological polar surface area (TPSA) is 111 Å². The van der Waals surface area contributed by atoms with Gasteiger partial charge in [0.25, 0.3) is 0 Å². The number of fused-ring (bicyclic) bond motifs is 1. The van der Waals surface area contributed by atoms with Gasteiger partial charge in [0.1, 0.15) is 11.9 Å². The zero-order chi connectivity index (χ0) is 21.1. The maximum absolute atomic E-state index is 13.4. The number of nitrogen functional groups attached to an aromatic ring is 1. The molecular weight excluding hydrogens is 378 g/mol. The molecule has 7 heteroatoms. The molecule has 1 aromatic carbocycles. The van der Waals surface area contributed by atoms with Gasteiger partial charge in [-0.15, -0.1) is 0 Å². The summed E-state index contributed by atoms with van der Waals surface area (Å²) in [7, 11) is 0. The lowest BCUT2D eigenvalue weighted by atomic mass is 9.71. The van der Waals surface area contributed by atoms with Crippen LogP contribution in [0.5, 0.6) is 0 Å². The van der Waals surface area contributed by atoms with E-state index in [0.29, 0.717) is 30.5 Å². The molecule has 7 nitrogen and oxygen atoms in total. The zero-order valence-corrected chi connectivity index (χ0v) is 17.5. The standard InChI is InChI=1S/C23H33N5O2/c24-21(25)17-9-7-15(8-10-17)14-27-22(29)19-6-3-13-28(19)23(30)20-18-5-2-1-4-16(18)11-12-26-20/h7-10,16,18-20,26H,1-6,11-14H2,(H3,24,25)(H,27,29)/t16-,18-,19-,20+/m0/s1. The minimum atomic E-state index is -0.375. The number of rotatable bonds is 5. The molecule has 0 spiro atoms. The highest BCUT2D eigenvalue weighted by Gasteiger charge is 2.43. The first kappa shape index (κ1) is 20.8. The molecule has 2 saturated heterocycles. The molecule has 5 N–H and O–H groups in total. The Morgan fingerprint density at radius 3 is 2.63 bits per heavy atom. The molecule has 162 valence electrons. The Kier molecular flexibility index (Phi) is 6.37. The van der Waals surface area contributed by atoms with Crippen molar-refractivity contribution >= 4 is 17.6 Å². The number of piperidine rings is 1. The number of amidine groups is 1. The summed E-state index contributed by atoms with van der Waals surface area (Å²) >= 11 is 0. The van der Waals surface area contributed by atoms with E-state index < -0.39 is 0 Å². The van der Waals surface area contributed by atoms with Crippen LogP contribution in [0, 0.1) is 17.2 Å². The summed E-state index contributed by atoms with van der Waals surface area (Å²) in [6, 6.07) is 6.79. The monoisotopic (exact) mass is 411 g/mol. The number of amides is 2. The van der Waals surface area contributed by atoms with E-state index in [1.54, 1.807) is 12.1 Å². The van der Waals surface area contributed by atoms with Crippen LogP contribution in [0.3, 0.4) is 0 Å². The van der Waals surface area contributed by atoms with Gasteiger partial charge in [0.05, 0.1) is 6.04 Å². The molecule has 4 rings (SSSR count). The van der Waals surface area contributed by atoms with Crippen LogP contribution < -0.4 is 16.4 Å². The molecule has 1 aromatic rings. The van der Waals surface area contributed by atoms with Crippen LogP contribution in [0.1, 0.15) is 56.1 Å². The van der Waals surface area contributed by atoms with Crippen molar-refractivity contribution in [3.63, 3.8) is 0 Å². The summed E-state index contributed by atoms with van der Waals surface area (Å²) in [5, 5.41) is 13.9. The third kappa shape index (κ3) is 4.36. The van der Waals surface area contributed by atoms with Gasteiger partial charge in [-0.1, -0.05) is 43.5 Å². The molecule has 1 saturated carbocycles. The van der Waals surface area contributed by atoms with Gasteiger partial charge >= 0.3 is 0 Å². The Labute approximate surface area is 178 Å². The summed E-state index contributed by atoms with van der Waals surface area (Å²) < 4.78 is 0. The Bertz CT molecular complexity index is 791. The normalized spacial score (nSPS) is 28.6. The van der Waals surface area contributed by atoms with Crippen LogP contribution in [0.2, 0.25) is 0 Å². The molecule has 2 heterocycles. The van der Waals surface area contributed by atoms with Crippen LogP contribution in [0.15, 0.2) is 24.3 Å². The lowest BCUT2D eigenvalue weighted by molar-refractivity contribution is -0.142. The summed E-state index contributed by atoms with van der Waals surface area (Å²) in [5.41, 5.74) is 7.10. The number of likely N-dealkylation sites (tertiary alicyclic amines) is 1. The Morgan fingerprint density at radius 1 is 1.10 bits per heavy atom. The first-order valence-corrected chi connectivity index (χ1v) is 11.3. The van der Waals surface area contributed by atoms with Crippen molar-refractivity contribution in [3.8, 4) is 0 Å². The molecule has 1 aliphatic carbocycles.